The second kappa shape index (κ2) is 9.57. The van der Waals surface area contributed by atoms with Crippen LogP contribution in [0.15, 0.2) is 12.3 Å². The number of hydrogen-bond acceptors (Lipinski definition) is 8. The van der Waals surface area contributed by atoms with Gasteiger partial charge in [0.1, 0.15) is 11.5 Å². The molecule has 37 heavy (non-hydrogen) atoms. The van der Waals surface area contributed by atoms with Crippen LogP contribution in [0.2, 0.25) is 0 Å². The summed E-state index contributed by atoms with van der Waals surface area (Å²) in [6.07, 6.45) is 1.13. The van der Waals surface area contributed by atoms with Gasteiger partial charge in [-0.15, -0.1) is 11.3 Å². The Bertz CT molecular complexity index is 1330. The highest BCUT2D eigenvalue weighted by Crippen LogP contribution is 2.37. The standard InChI is InChI=1S/C24H31F2N5O4S2/c1-13-6-17(28-11-23(3,4)5)27-8-16(13)19-18(22(33)31-12-24(25,26)7-14(31)2)30-21(36-19)20(32)29-15-9-37(34,35)10-15/h6,8,14-15H,7,9-12H2,1-5H3,(H,27,28)(H,29,32)/t14-/m0/s1. The van der Waals surface area contributed by atoms with Gasteiger partial charge in [-0.1, -0.05) is 20.8 Å². The van der Waals surface area contributed by atoms with E-state index in [0.29, 0.717) is 22.8 Å². The minimum Gasteiger partial charge on any atom is -0.370 e. The monoisotopic (exact) mass is 555 g/mol. The number of rotatable bonds is 6. The van der Waals surface area contributed by atoms with Crippen molar-refractivity contribution in [1.82, 2.24) is 20.2 Å². The van der Waals surface area contributed by atoms with Crippen molar-refractivity contribution in [1.29, 1.82) is 0 Å². The fraction of sp³-hybridized carbons (Fsp3) is 0.583. The van der Waals surface area contributed by atoms with Crippen molar-refractivity contribution in [2.24, 2.45) is 5.41 Å². The highest BCUT2D eigenvalue weighted by atomic mass is 32.2. The number of aryl methyl sites for hydroxylation is 1. The van der Waals surface area contributed by atoms with Crippen LogP contribution in [0.25, 0.3) is 10.4 Å². The van der Waals surface area contributed by atoms with E-state index < -0.39 is 52.6 Å². The lowest BCUT2D eigenvalue weighted by Gasteiger charge is -2.25. The number of likely N-dealkylation sites (tertiary alicyclic amines) is 1. The fourth-order valence-electron chi connectivity index (χ4n) is 4.31. The van der Waals surface area contributed by atoms with Crippen molar-refractivity contribution in [2.75, 3.05) is 29.9 Å². The molecule has 13 heteroatoms. The molecule has 2 amide bonds. The van der Waals surface area contributed by atoms with Crippen LogP contribution >= 0.6 is 11.3 Å². The van der Waals surface area contributed by atoms with E-state index in [1.165, 1.54) is 0 Å². The fourth-order valence-corrected chi connectivity index (χ4v) is 6.64. The first-order valence-corrected chi connectivity index (χ1v) is 14.6. The molecule has 1 atom stereocenters. The summed E-state index contributed by atoms with van der Waals surface area (Å²) in [5, 5.41) is 5.85. The number of anilines is 1. The molecule has 0 radical (unpaired) electrons. The SMILES string of the molecule is Cc1cc(NCC(C)(C)C)ncc1-c1sc(C(=O)NC2CS(=O)(=O)C2)nc1C(=O)N1CC(F)(F)C[C@@H]1C. The van der Waals surface area contributed by atoms with Gasteiger partial charge in [0, 0.05) is 30.8 Å². The van der Waals surface area contributed by atoms with Crippen LogP contribution in [0.5, 0.6) is 0 Å². The van der Waals surface area contributed by atoms with Crippen LogP contribution in [0.1, 0.15) is 60.0 Å². The minimum absolute atomic E-state index is 0.0298. The first-order valence-electron chi connectivity index (χ1n) is 12.0. The molecule has 0 unspecified atom stereocenters. The number of carbonyl (C=O) groups excluding carboxylic acids is 2. The third-order valence-corrected chi connectivity index (χ3v) is 9.12. The Morgan fingerprint density at radius 3 is 2.49 bits per heavy atom. The maximum Gasteiger partial charge on any atom is 0.280 e. The molecule has 2 aromatic rings. The number of pyridine rings is 1. The molecular formula is C24H31F2N5O4S2. The van der Waals surface area contributed by atoms with E-state index in [-0.39, 0.29) is 27.6 Å². The van der Waals surface area contributed by atoms with E-state index >= 15 is 0 Å². The van der Waals surface area contributed by atoms with Crippen LogP contribution < -0.4 is 10.6 Å². The Morgan fingerprint density at radius 2 is 1.95 bits per heavy atom. The molecule has 0 spiro atoms. The van der Waals surface area contributed by atoms with Gasteiger partial charge in [-0.3, -0.25) is 9.59 Å². The van der Waals surface area contributed by atoms with Gasteiger partial charge in [-0.25, -0.2) is 27.2 Å². The highest BCUT2D eigenvalue weighted by Gasteiger charge is 2.46. The smallest absolute Gasteiger partial charge is 0.280 e. The molecule has 2 aromatic heterocycles. The maximum atomic E-state index is 14.1. The van der Waals surface area contributed by atoms with Crippen LogP contribution in [-0.2, 0) is 9.84 Å². The average Bonchev–Trinajstić information content (AvgIpc) is 3.30. The van der Waals surface area contributed by atoms with Crippen molar-refractivity contribution in [3.63, 3.8) is 0 Å². The molecule has 2 N–H and O–H groups in total. The van der Waals surface area contributed by atoms with Crippen molar-refractivity contribution in [3.8, 4) is 10.4 Å². The minimum atomic E-state index is -3.15. The summed E-state index contributed by atoms with van der Waals surface area (Å²) in [6, 6.07) is 0.594. The van der Waals surface area contributed by atoms with E-state index in [9.17, 15) is 26.8 Å². The van der Waals surface area contributed by atoms with Crippen molar-refractivity contribution in [2.45, 2.75) is 59.0 Å². The molecule has 4 rings (SSSR count). The summed E-state index contributed by atoms with van der Waals surface area (Å²) in [5.41, 5.74) is 1.26. The van der Waals surface area contributed by atoms with Gasteiger partial charge in [-0.2, -0.15) is 0 Å². The average molecular weight is 556 g/mol. The van der Waals surface area contributed by atoms with Crippen LogP contribution in [0.4, 0.5) is 14.6 Å². The number of thiazole rings is 1. The lowest BCUT2D eigenvalue weighted by Crippen LogP contribution is -2.52. The number of hydrogen-bond donors (Lipinski definition) is 2. The second-order valence-corrected chi connectivity index (χ2v) is 14.2. The van der Waals surface area contributed by atoms with Gasteiger partial charge >= 0.3 is 0 Å². The zero-order chi connectivity index (χ0) is 27.3. The molecule has 2 saturated heterocycles. The number of sulfone groups is 1. The molecule has 0 bridgehead atoms. The maximum absolute atomic E-state index is 14.1. The van der Waals surface area contributed by atoms with E-state index in [2.05, 4.69) is 41.4 Å². The molecule has 9 nitrogen and oxygen atoms in total. The normalized spacial score (nSPS) is 20.9. The topological polar surface area (TPSA) is 121 Å². The Balaban J connectivity index is 1.67. The summed E-state index contributed by atoms with van der Waals surface area (Å²) in [4.78, 5) is 36.4. The quantitative estimate of drug-likeness (QED) is 0.561. The Hall–Kier alpha value is -2.67. The van der Waals surface area contributed by atoms with Crippen molar-refractivity contribution in [3.05, 3.63) is 28.5 Å². The van der Waals surface area contributed by atoms with Gasteiger partial charge in [-0.05, 0) is 30.9 Å². The van der Waals surface area contributed by atoms with Gasteiger partial charge in [0.15, 0.2) is 14.8 Å². The zero-order valence-electron chi connectivity index (χ0n) is 21.4. The third kappa shape index (κ3) is 6.25. The number of aromatic nitrogens is 2. The number of nitrogens with one attached hydrogen (secondary N) is 2. The van der Waals surface area contributed by atoms with Gasteiger partial charge in [0.25, 0.3) is 17.7 Å². The van der Waals surface area contributed by atoms with Gasteiger partial charge in [0.05, 0.1) is 29.0 Å². The summed E-state index contributed by atoms with van der Waals surface area (Å²) < 4.78 is 51.0. The highest BCUT2D eigenvalue weighted by molar-refractivity contribution is 7.92. The lowest BCUT2D eigenvalue weighted by molar-refractivity contribution is 0.0118. The molecule has 0 aromatic carbocycles. The molecule has 0 saturated carbocycles. The number of amides is 2. The zero-order valence-corrected chi connectivity index (χ0v) is 23.0. The Labute approximate surface area is 219 Å². The number of alkyl halides is 2. The Morgan fingerprint density at radius 1 is 1.27 bits per heavy atom. The first-order chi connectivity index (χ1) is 17.0. The largest absolute Gasteiger partial charge is 0.370 e. The van der Waals surface area contributed by atoms with Crippen LogP contribution in [-0.4, -0.2) is 77.7 Å². The lowest BCUT2D eigenvalue weighted by atomic mass is 9.97. The van der Waals surface area contributed by atoms with E-state index in [1.54, 1.807) is 13.1 Å². The second-order valence-electron chi connectivity index (χ2n) is 11.1. The predicted molar refractivity (Wildman–Crippen MR) is 138 cm³/mol. The first kappa shape index (κ1) is 27.4. The summed E-state index contributed by atoms with van der Waals surface area (Å²) in [7, 11) is -3.15. The molecule has 0 aliphatic carbocycles. The molecule has 2 fully saturated rings. The number of carbonyl (C=O) groups is 2. The number of nitrogens with zero attached hydrogens (tertiary/aromatic N) is 3. The van der Waals surface area contributed by atoms with Gasteiger partial charge in [0.2, 0.25) is 0 Å². The molecular weight excluding hydrogens is 524 g/mol. The van der Waals surface area contributed by atoms with Crippen LogP contribution in [0.3, 0.4) is 0 Å². The van der Waals surface area contributed by atoms with Crippen molar-refractivity contribution < 1.29 is 26.8 Å². The van der Waals surface area contributed by atoms with E-state index in [0.717, 1.165) is 21.8 Å². The summed E-state index contributed by atoms with van der Waals surface area (Å²) in [6.45, 7) is 9.61. The van der Waals surface area contributed by atoms with E-state index in [4.69, 9.17) is 0 Å². The van der Waals surface area contributed by atoms with Gasteiger partial charge < -0.3 is 15.5 Å². The molecule has 2 aliphatic rings. The molecule has 2 aliphatic heterocycles. The summed E-state index contributed by atoms with van der Waals surface area (Å²) >= 11 is 0.955. The Kier molecular flexibility index (Phi) is 7.08. The summed E-state index contributed by atoms with van der Waals surface area (Å²) in [5.74, 6) is -3.97. The third-order valence-electron chi connectivity index (χ3n) is 6.21. The number of halogens is 2. The molecule has 4 heterocycles. The van der Waals surface area contributed by atoms with Crippen molar-refractivity contribution >= 4 is 38.8 Å². The molecule has 202 valence electrons. The van der Waals surface area contributed by atoms with E-state index in [1.807, 2.05) is 13.0 Å². The predicted octanol–water partition coefficient (Wildman–Crippen LogP) is 3.37. The van der Waals surface area contributed by atoms with Crippen LogP contribution in [0, 0.1) is 12.3 Å².